The van der Waals surface area contributed by atoms with Crippen molar-refractivity contribution in [3.05, 3.63) is 23.8 Å². The number of β-amino-alcohol motifs (C(OH)–C–C–N with tert-alkyl or cyclic N) is 1. The van der Waals surface area contributed by atoms with Crippen molar-refractivity contribution in [1.29, 1.82) is 0 Å². The molecule has 0 atom stereocenters. The van der Waals surface area contributed by atoms with Crippen LogP contribution in [-0.4, -0.2) is 54.2 Å². The summed E-state index contributed by atoms with van der Waals surface area (Å²) in [5.41, 5.74) is 12.3. The molecule has 0 saturated carbocycles. The number of carbonyl (C=O) groups is 1. The summed E-state index contributed by atoms with van der Waals surface area (Å²) in [5, 5.41) is 9.87. The smallest absolute Gasteiger partial charge is 0.250 e. The molecule has 2 rings (SSSR count). The van der Waals surface area contributed by atoms with E-state index in [1.54, 1.807) is 12.1 Å². The normalized spacial score (nSPS) is 17.0. The van der Waals surface area contributed by atoms with Crippen LogP contribution in [0.5, 0.6) is 0 Å². The van der Waals surface area contributed by atoms with Gasteiger partial charge in [0.15, 0.2) is 0 Å². The quantitative estimate of drug-likeness (QED) is 0.692. The number of aliphatic hydroxyl groups is 1. The van der Waals surface area contributed by atoms with Crippen LogP contribution in [0.3, 0.4) is 0 Å². The van der Waals surface area contributed by atoms with E-state index in [0.29, 0.717) is 17.8 Å². The summed E-state index contributed by atoms with van der Waals surface area (Å²) in [6.07, 6.45) is 0. The minimum Gasteiger partial charge on any atom is -0.399 e. The fourth-order valence-electron chi connectivity index (χ4n) is 2.72. The van der Waals surface area contributed by atoms with Gasteiger partial charge in [-0.2, -0.15) is 0 Å². The molecule has 0 bridgehead atoms. The van der Waals surface area contributed by atoms with Crippen LogP contribution in [0.15, 0.2) is 18.2 Å². The number of nitrogen functional groups attached to an aromatic ring is 1. The minimum atomic E-state index is -0.693. The molecule has 1 aromatic carbocycles. The molecule has 1 heterocycles. The van der Waals surface area contributed by atoms with E-state index < -0.39 is 11.5 Å². The van der Waals surface area contributed by atoms with Crippen LogP contribution >= 0.6 is 0 Å². The summed E-state index contributed by atoms with van der Waals surface area (Å²) >= 11 is 0. The Balaban J connectivity index is 2.07. The highest BCUT2D eigenvalue weighted by Crippen LogP contribution is 2.24. The van der Waals surface area contributed by atoms with Crippen LogP contribution in [0.25, 0.3) is 0 Å². The molecule has 6 heteroatoms. The molecule has 0 spiro atoms. The first-order chi connectivity index (χ1) is 9.76. The second-order valence-corrected chi connectivity index (χ2v) is 6.22. The van der Waals surface area contributed by atoms with Gasteiger partial charge in [-0.3, -0.25) is 9.69 Å². The predicted molar refractivity (Wildman–Crippen MR) is 84.3 cm³/mol. The number of rotatable bonds is 4. The molecule has 1 saturated heterocycles. The first-order valence-corrected chi connectivity index (χ1v) is 7.15. The van der Waals surface area contributed by atoms with Crippen LogP contribution in [0.4, 0.5) is 11.4 Å². The molecule has 6 nitrogen and oxygen atoms in total. The van der Waals surface area contributed by atoms with Gasteiger partial charge in [0, 0.05) is 44.1 Å². The van der Waals surface area contributed by atoms with Crippen molar-refractivity contribution in [2.75, 3.05) is 43.4 Å². The fourth-order valence-corrected chi connectivity index (χ4v) is 2.72. The Kier molecular flexibility index (Phi) is 4.39. The largest absolute Gasteiger partial charge is 0.399 e. The Bertz CT molecular complexity index is 517. The highest BCUT2D eigenvalue weighted by molar-refractivity contribution is 5.99. The number of piperazine rings is 1. The summed E-state index contributed by atoms with van der Waals surface area (Å²) in [6, 6.07) is 5.26. The van der Waals surface area contributed by atoms with E-state index in [1.165, 1.54) is 0 Å². The summed E-state index contributed by atoms with van der Waals surface area (Å²) in [7, 11) is 0. The second kappa shape index (κ2) is 5.91. The van der Waals surface area contributed by atoms with Gasteiger partial charge in [0.05, 0.1) is 11.2 Å². The lowest BCUT2D eigenvalue weighted by Crippen LogP contribution is -2.50. The minimum absolute atomic E-state index is 0.462. The Morgan fingerprint density at radius 1 is 1.29 bits per heavy atom. The summed E-state index contributed by atoms with van der Waals surface area (Å²) in [4.78, 5) is 15.9. The monoisotopic (exact) mass is 292 g/mol. The van der Waals surface area contributed by atoms with Gasteiger partial charge in [0.1, 0.15) is 0 Å². The van der Waals surface area contributed by atoms with Gasteiger partial charge >= 0.3 is 0 Å². The Hall–Kier alpha value is -1.79. The van der Waals surface area contributed by atoms with Crippen molar-refractivity contribution in [2.45, 2.75) is 19.4 Å². The zero-order chi connectivity index (χ0) is 15.6. The molecule has 0 unspecified atom stereocenters. The molecule has 1 amide bonds. The number of carbonyl (C=O) groups excluding carboxylic acids is 1. The average Bonchev–Trinajstić information content (AvgIpc) is 2.38. The van der Waals surface area contributed by atoms with Gasteiger partial charge in [-0.05, 0) is 32.0 Å². The maximum atomic E-state index is 11.6. The Morgan fingerprint density at radius 3 is 2.43 bits per heavy atom. The zero-order valence-electron chi connectivity index (χ0n) is 12.7. The first-order valence-electron chi connectivity index (χ1n) is 7.15. The van der Waals surface area contributed by atoms with Crippen LogP contribution in [0.2, 0.25) is 0 Å². The van der Waals surface area contributed by atoms with E-state index in [2.05, 4.69) is 9.80 Å². The molecular formula is C15H24N4O2. The van der Waals surface area contributed by atoms with E-state index in [-0.39, 0.29) is 0 Å². The number of benzene rings is 1. The molecule has 1 aliphatic heterocycles. The van der Waals surface area contributed by atoms with Crippen LogP contribution < -0.4 is 16.4 Å². The van der Waals surface area contributed by atoms with Crippen LogP contribution in [0, 0.1) is 0 Å². The fraction of sp³-hybridized carbons (Fsp3) is 0.533. The van der Waals surface area contributed by atoms with Gasteiger partial charge < -0.3 is 21.5 Å². The maximum Gasteiger partial charge on any atom is 0.250 e. The topological polar surface area (TPSA) is 95.8 Å². The Labute approximate surface area is 125 Å². The Morgan fingerprint density at radius 2 is 1.90 bits per heavy atom. The third-order valence-electron chi connectivity index (χ3n) is 3.61. The van der Waals surface area contributed by atoms with E-state index >= 15 is 0 Å². The molecule has 0 radical (unpaired) electrons. The standard InChI is InChI=1S/C15H24N4O2/c1-15(2,21)10-18-5-7-19(8-6-18)13-4-3-11(16)9-12(13)14(17)20/h3-4,9,21H,5-8,10,16H2,1-2H3,(H2,17,20). The third-order valence-corrected chi connectivity index (χ3v) is 3.61. The van der Waals surface area contributed by atoms with Crippen molar-refractivity contribution in [3.63, 3.8) is 0 Å². The lowest BCUT2D eigenvalue weighted by atomic mass is 10.1. The van der Waals surface area contributed by atoms with Crippen molar-refractivity contribution < 1.29 is 9.90 Å². The third kappa shape index (κ3) is 4.09. The number of nitrogens with zero attached hydrogens (tertiary/aromatic N) is 2. The number of primary amides is 1. The molecule has 1 aromatic rings. The van der Waals surface area contributed by atoms with E-state index in [0.717, 1.165) is 31.9 Å². The summed E-state index contributed by atoms with van der Waals surface area (Å²) < 4.78 is 0. The molecular weight excluding hydrogens is 268 g/mol. The number of anilines is 2. The molecule has 116 valence electrons. The van der Waals surface area contributed by atoms with Crippen molar-refractivity contribution >= 4 is 17.3 Å². The van der Waals surface area contributed by atoms with Crippen molar-refractivity contribution in [2.24, 2.45) is 5.73 Å². The average molecular weight is 292 g/mol. The number of amides is 1. The van der Waals surface area contributed by atoms with Gasteiger partial charge in [-0.15, -0.1) is 0 Å². The van der Waals surface area contributed by atoms with Gasteiger partial charge in [0.2, 0.25) is 0 Å². The lowest BCUT2D eigenvalue weighted by Gasteiger charge is -2.38. The molecule has 21 heavy (non-hydrogen) atoms. The van der Waals surface area contributed by atoms with Gasteiger partial charge in [0.25, 0.3) is 5.91 Å². The predicted octanol–water partition coefficient (Wildman–Crippen LogP) is 0.261. The highest BCUT2D eigenvalue weighted by Gasteiger charge is 2.24. The lowest BCUT2D eigenvalue weighted by molar-refractivity contribution is 0.0345. The van der Waals surface area contributed by atoms with Crippen molar-refractivity contribution in [3.8, 4) is 0 Å². The summed E-state index contributed by atoms with van der Waals surface area (Å²) in [5.74, 6) is -0.462. The maximum absolute atomic E-state index is 11.6. The SMILES string of the molecule is CC(C)(O)CN1CCN(c2ccc(N)cc2C(N)=O)CC1. The molecule has 1 fully saturated rings. The molecule has 0 aromatic heterocycles. The highest BCUT2D eigenvalue weighted by atomic mass is 16.3. The molecule has 0 aliphatic carbocycles. The summed E-state index contributed by atoms with van der Waals surface area (Å²) in [6.45, 7) is 7.53. The van der Waals surface area contributed by atoms with Crippen LogP contribution in [0.1, 0.15) is 24.2 Å². The van der Waals surface area contributed by atoms with E-state index in [9.17, 15) is 9.90 Å². The molecule has 1 aliphatic rings. The first kappa shape index (κ1) is 15.6. The zero-order valence-corrected chi connectivity index (χ0v) is 12.7. The molecule has 5 N–H and O–H groups in total. The van der Waals surface area contributed by atoms with Crippen LogP contribution in [-0.2, 0) is 0 Å². The number of hydrogen-bond acceptors (Lipinski definition) is 5. The van der Waals surface area contributed by atoms with Gasteiger partial charge in [-0.1, -0.05) is 0 Å². The second-order valence-electron chi connectivity index (χ2n) is 6.22. The number of hydrogen-bond donors (Lipinski definition) is 3. The van der Waals surface area contributed by atoms with Gasteiger partial charge in [-0.25, -0.2) is 0 Å². The van der Waals surface area contributed by atoms with E-state index in [4.69, 9.17) is 11.5 Å². The number of nitrogens with two attached hydrogens (primary N) is 2. The van der Waals surface area contributed by atoms with Crippen molar-refractivity contribution in [1.82, 2.24) is 4.90 Å². The van der Waals surface area contributed by atoms with E-state index in [1.807, 2.05) is 19.9 Å².